The van der Waals surface area contributed by atoms with Crippen LogP contribution in [0.4, 0.5) is 0 Å². The van der Waals surface area contributed by atoms with Crippen molar-refractivity contribution in [2.24, 2.45) is 4.99 Å². The summed E-state index contributed by atoms with van der Waals surface area (Å²) >= 11 is 0. The van der Waals surface area contributed by atoms with Crippen molar-refractivity contribution in [2.45, 2.75) is 45.1 Å². The van der Waals surface area contributed by atoms with Gasteiger partial charge in [0.1, 0.15) is 0 Å². The first-order valence-electron chi connectivity index (χ1n) is 9.59. The van der Waals surface area contributed by atoms with Gasteiger partial charge in [-0.05, 0) is 49.4 Å². The van der Waals surface area contributed by atoms with E-state index < -0.39 is 9.84 Å². The Hall–Kier alpha value is -2.34. The molecule has 152 valence electrons. The molecule has 5 nitrogen and oxygen atoms in total. The Morgan fingerprint density at radius 1 is 1.11 bits per heavy atom. The fraction of sp³-hybridized carbons (Fsp3) is 0.409. The minimum absolute atomic E-state index is 0.361. The van der Waals surface area contributed by atoms with E-state index in [0.29, 0.717) is 17.4 Å². The fourth-order valence-corrected chi connectivity index (χ4v) is 4.04. The van der Waals surface area contributed by atoms with Gasteiger partial charge in [-0.3, -0.25) is 0 Å². The SMILES string of the molecule is CCNC(=NCc1ccc(S(C)(=O)=O)c(C)c1)NCC(C)c1cccc(C)c1. The normalized spacial score (nSPS) is 13.2. The van der Waals surface area contributed by atoms with Gasteiger partial charge in [-0.1, -0.05) is 48.9 Å². The molecule has 0 amide bonds. The summed E-state index contributed by atoms with van der Waals surface area (Å²) in [6, 6.07) is 13.9. The molecule has 0 heterocycles. The summed E-state index contributed by atoms with van der Waals surface area (Å²) in [7, 11) is -3.20. The van der Waals surface area contributed by atoms with Gasteiger partial charge in [0.05, 0.1) is 11.4 Å². The Bertz CT molecular complexity index is 937. The standard InChI is InChI=1S/C22H31N3O2S/c1-6-23-22(24-14-18(4)20-9-7-8-16(2)12-20)25-15-19-10-11-21(17(3)13-19)28(5,26)27/h7-13,18H,6,14-15H2,1-5H3,(H2,23,24,25). The van der Waals surface area contributed by atoms with Gasteiger partial charge in [-0.15, -0.1) is 0 Å². The van der Waals surface area contributed by atoms with E-state index >= 15 is 0 Å². The van der Waals surface area contributed by atoms with E-state index in [0.717, 1.165) is 30.2 Å². The lowest BCUT2D eigenvalue weighted by Gasteiger charge is -2.17. The van der Waals surface area contributed by atoms with Crippen molar-refractivity contribution < 1.29 is 8.42 Å². The van der Waals surface area contributed by atoms with Crippen LogP contribution in [0, 0.1) is 13.8 Å². The third-order valence-corrected chi connectivity index (χ3v) is 5.85. The van der Waals surface area contributed by atoms with Crippen molar-refractivity contribution >= 4 is 15.8 Å². The number of aliphatic imine (C=N–C) groups is 1. The highest BCUT2D eigenvalue weighted by Crippen LogP contribution is 2.17. The first kappa shape index (κ1) is 22.0. The zero-order valence-electron chi connectivity index (χ0n) is 17.4. The van der Waals surface area contributed by atoms with Crippen LogP contribution < -0.4 is 10.6 Å². The highest BCUT2D eigenvalue weighted by Gasteiger charge is 2.11. The Labute approximate surface area is 169 Å². The van der Waals surface area contributed by atoms with Crippen LogP contribution in [0.5, 0.6) is 0 Å². The second-order valence-corrected chi connectivity index (χ2v) is 9.25. The van der Waals surface area contributed by atoms with Gasteiger partial charge in [-0.2, -0.15) is 0 Å². The lowest BCUT2D eigenvalue weighted by atomic mass is 9.99. The first-order valence-corrected chi connectivity index (χ1v) is 11.5. The van der Waals surface area contributed by atoms with Crippen LogP contribution in [0.1, 0.15) is 42.0 Å². The van der Waals surface area contributed by atoms with Crippen molar-refractivity contribution in [1.29, 1.82) is 0 Å². The highest BCUT2D eigenvalue weighted by atomic mass is 32.2. The summed E-state index contributed by atoms with van der Waals surface area (Å²) in [6.45, 7) is 10.2. The molecule has 0 saturated carbocycles. The van der Waals surface area contributed by atoms with Crippen LogP contribution in [0.2, 0.25) is 0 Å². The molecule has 28 heavy (non-hydrogen) atoms. The van der Waals surface area contributed by atoms with Crippen LogP contribution in [-0.4, -0.2) is 33.7 Å². The highest BCUT2D eigenvalue weighted by molar-refractivity contribution is 7.90. The van der Waals surface area contributed by atoms with Crippen LogP contribution >= 0.6 is 0 Å². The van der Waals surface area contributed by atoms with Crippen LogP contribution in [0.25, 0.3) is 0 Å². The first-order chi connectivity index (χ1) is 13.2. The number of hydrogen-bond acceptors (Lipinski definition) is 3. The van der Waals surface area contributed by atoms with Crippen LogP contribution in [0.15, 0.2) is 52.4 Å². The molecule has 2 rings (SSSR count). The maximum atomic E-state index is 11.8. The molecule has 0 aliphatic rings. The molecular formula is C22H31N3O2S. The molecule has 0 saturated heterocycles. The van der Waals surface area contributed by atoms with Gasteiger partial charge in [0, 0.05) is 19.3 Å². The molecule has 2 N–H and O–H groups in total. The van der Waals surface area contributed by atoms with E-state index in [2.05, 4.69) is 53.7 Å². The van der Waals surface area contributed by atoms with E-state index in [9.17, 15) is 8.42 Å². The lowest BCUT2D eigenvalue weighted by molar-refractivity contribution is 0.601. The van der Waals surface area contributed by atoms with Gasteiger partial charge in [-0.25, -0.2) is 13.4 Å². The van der Waals surface area contributed by atoms with Gasteiger partial charge in [0.2, 0.25) is 0 Å². The summed E-state index contributed by atoms with van der Waals surface area (Å²) in [6.07, 6.45) is 1.23. The number of aryl methyl sites for hydroxylation is 2. The van der Waals surface area contributed by atoms with Crippen LogP contribution in [0.3, 0.4) is 0 Å². The molecule has 0 aliphatic heterocycles. The second-order valence-electron chi connectivity index (χ2n) is 7.26. The molecule has 0 aliphatic carbocycles. The Morgan fingerprint density at radius 2 is 1.86 bits per heavy atom. The van der Waals surface area contributed by atoms with E-state index in [1.165, 1.54) is 17.4 Å². The fourth-order valence-electron chi connectivity index (χ4n) is 3.08. The minimum atomic E-state index is -3.20. The van der Waals surface area contributed by atoms with Crippen molar-refractivity contribution in [1.82, 2.24) is 10.6 Å². The molecule has 0 spiro atoms. The van der Waals surface area contributed by atoms with Crippen LogP contribution in [-0.2, 0) is 16.4 Å². The van der Waals surface area contributed by atoms with E-state index in [4.69, 9.17) is 0 Å². The quantitative estimate of drug-likeness (QED) is 0.550. The summed E-state index contributed by atoms with van der Waals surface area (Å²) < 4.78 is 23.5. The average molecular weight is 402 g/mol. The third-order valence-electron chi connectivity index (χ3n) is 4.59. The number of benzene rings is 2. The van der Waals surface area contributed by atoms with Gasteiger partial charge in [0.15, 0.2) is 15.8 Å². The van der Waals surface area contributed by atoms with E-state index in [1.807, 2.05) is 26.0 Å². The Kier molecular flexibility index (Phi) is 7.63. The summed E-state index contributed by atoms with van der Waals surface area (Å²) in [5, 5.41) is 6.67. The van der Waals surface area contributed by atoms with Crippen molar-refractivity contribution in [3.8, 4) is 0 Å². The number of hydrogen-bond donors (Lipinski definition) is 2. The monoisotopic (exact) mass is 401 g/mol. The number of nitrogens with zero attached hydrogens (tertiary/aromatic N) is 1. The smallest absolute Gasteiger partial charge is 0.191 e. The molecule has 0 bridgehead atoms. The number of nitrogens with one attached hydrogen (secondary N) is 2. The molecule has 2 aromatic rings. The lowest BCUT2D eigenvalue weighted by Crippen LogP contribution is -2.39. The number of guanidine groups is 1. The van der Waals surface area contributed by atoms with Gasteiger partial charge >= 0.3 is 0 Å². The third kappa shape index (κ3) is 6.37. The van der Waals surface area contributed by atoms with Crippen molar-refractivity contribution in [3.05, 3.63) is 64.7 Å². The molecule has 0 aromatic heterocycles. The zero-order chi connectivity index (χ0) is 20.7. The summed E-state index contributed by atoms with van der Waals surface area (Å²) in [5.74, 6) is 1.12. The Balaban J connectivity index is 2.05. The minimum Gasteiger partial charge on any atom is -0.357 e. The molecule has 1 unspecified atom stereocenters. The topological polar surface area (TPSA) is 70.6 Å². The summed E-state index contributed by atoms with van der Waals surface area (Å²) in [4.78, 5) is 5.02. The number of rotatable bonds is 7. The maximum absolute atomic E-state index is 11.8. The molecule has 2 aromatic carbocycles. The number of sulfone groups is 1. The maximum Gasteiger partial charge on any atom is 0.191 e. The average Bonchev–Trinajstić information content (AvgIpc) is 2.62. The molecule has 0 fully saturated rings. The summed E-state index contributed by atoms with van der Waals surface area (Å²) in [5.41, 5.74) is 4.29. The van der Waals surface area contributed by atoms with Gasteiger partial charge < -0.3 is 10.6 Å². The van der Waals surface area contributed by atoms with E-state index in [1.54, 1.807) is 6.07 Å². The Morgan fingerprint density at radius 3 is 2.46 bits per heavy atom. The second kappa shape index (κ2) is 9.73. The largest absolute Gasteiger partial charge is 0.357 e. The van der Waals surface area contributed by atoms with E-state index in [-0.39, 0.29) is 0 Å². The predicted octanol–water partition coefficient (Wildman–Crippen LogP) is 3.57. The predicted molar refractivity (Wildman–Crippen MR) is 117 cm³/mol. The molecule has 0 radical (unpaired) electrons. The molecule has 6 heteroatoms. The van der Waals surface area contributed by atoms with Gasteiger partial charge in [0.25, 0.3) is 0 Å². The molecular weight excluding hydrogens is 370 g/mol. The molecule has 1 atom stereocenters. The zero-order valence-corrected chi connectivity index (χ0v) is 18.2. The van der Waals surface area contributed by atoms with Crippen molar-refractivity contribution in [3.63, 3.8) is 0 Å². The van der Waals surface area contributed by atoms with Crippen molar-refractivity contribution in [2.75, 3.05) is 19.3 Å².